The van der Waals surface area contributed by atoms with E-state index in [1.807, 2.05) is 0 Å². The lowest BCUT2D eigenvalue weighted by molar-refractivity contribution is 0.0529. The number of hydrogen-bond donors (Lipinski definition) is 3. The van der Waals surface area contributed by atoms with E-state index in [0.717, 1.165) is 0 Å². The van der Waals surface area contributed by atoms with Gasteiger partial charge in [-0.2, -0.15) is 10.4 Å². The Morgan fingerprint density at radius 3 is 2.75 bits per heavy atom. The fraction of sp³-hybridized carbons (Fsp3) is 0.429. The first-order valence-electron chi connectivity index (χ1n) is 10.1. The second-order valence-corrected chi connectivity index (χ2v) is 7.74. The molecule has 1 aromatic carbocycles. The van der Waals surface area contributed by atoms with Crippen LogP contribution in [-0.2, 0) is 4.74 Å². The number of anilines is 2. The van der Waals surface area contributed by atoms with Gasteiger partial charge in [-0.3, -0.25) is 9.48 Å². The number of nitrogens with one attached hydrogen (secondary N) is 1. The van der Waals surface area contributed by atoms with Gasteiger partial charge in [0.1, 0.15) is 11.4 Å². The first kappa shape index (κ1) is 23.0. The van der Waals surface area contributed by atoms with E-state index in [2.05, 4.69) is 16.5 Å². The standard InChI is InChI=1S/C21H25FN6O4/c1-32-10-2-8-21(12-23)13-27(20(30)31)9-7-17(21)28-11-16(18(24)29)19(26-28)25-15-5-3-14(22)4-6-15/h3-6,11,17H,2,7-10,13H2,1H3,(H2,24,29)(H,25,26)(H,30,31)/t17-,21-/m1/s1. The number of piperidine rings is 1. The maximum Gasteiger partial charge on any atom is 0.407 e. The summed E-state index contributed by atoms with van der Waals surface area (Å²) in [6.45, 7) is 0.659. The smallest absolute Gasteiger partial charge is 0.407 e. The fourth-order valence-corrected chi connectivity index (χ4v) is 4.07. The Kier molecular flexibility index (Phi) is 6.95. The number of hydrogen-bond acceptors (Lipinski definition) is 6. The molecule has 170 valence electrons. The van der Waals surface area contributed by atoms with Gasteiger partial charge in [0.15, 0.2) is 5.82 Å². The van der Waals surface area contributed by atoms with E-state index in [-0.39, 0.29) is 24.5 Å². The summed E-state index contributed by atoms with van der Waals surface area (Å²) in [5.74, 6) is -0.949. The molecule has 2 amide bonds. The Morgan fingerprint density at radius 2 is 2.16 bits per heavy atom. The zero-order valence-corrected chi connectivity index (χ0v) is 17.6. The van der Waals surface area contributed by atoms with E-state index in [9.17, 15) is 24.3 Å². The first-order valence-corrected chi connectivity index (χ1v) is 10.1. The number of benzene rings is 1. The minimum absolute atomic E-state index is 0.0136. The molecule has 2 atom stereocenters. The van der Waals surface area contributed by atoms with Gasteiger partial charge in [-0.15, -0.1) is 0 Å². The third-order valence-electron chi connectivity index (χ3n) is 5.67. The van der Waals surface area contributed by atoms with Crippen molar-refractivity contribution in [3.05, 3.63) is 41.8 Å². The summed E-state index contributed by atoms with van der Waals surface area (Å²) >= 11 is 0. The number of primary amides is 1. The number of carboxylic acid groups (broad SMARTS) is 1. The van der Waals surface area contributed by atoms with Crippen LogP contribution in [0.25, 0.3) is 0 Å². The van der Waals surface area contributed by atoms with Crippen molar-refractivity contribution in [1.29, 1.82) is 5.26 Å². The van der Waals surface area contributed by atoms with E-state index in [1.165, 1.54) is 40.0 Å². The largest absolute Gasteiger partial charge is 0.465 e. The molecular weight excluding hydrogens is 419 g/mol. The number of amides is 2. The molecule has 1 aliphatic heterocycles. The highest BCUT2D eigenvalue weighted by atomic mass is 19.1. The van der Waals surface area contributed by atoms with Crippen LogP contribution in [0.3, 0.4) is 0 Å². The number of ether oxygens (including phenoxy) is 1. The van der Waals surface area contributed by atoms with Crippen molar-refractivity contribution in [1.82, 2.24) is 14.7 Å². The first-order chi connectivity index (χ1) is 15.3. The van der Waals surface area contributed by atoms with Crippen molar-refractivity contribution < 1.29 is 23.8 Å². The van der Waals surface area contributed by atoms with Crippen LogP contribution in [0.1, 0.15) is 35.7 Å². The van der Waals surface area contributed by atoms with Crippen LogP contribution in [-0.4, -0.2) is 58.6 Å². The average molecular weight is 444 g/mol. The van der Waals surface area contributed by atoms with Gasteiger partial charge in [0.25, 0.3) is 5.91 Å². The summed E-state index contributed by atoms with van der Waals surface area (Å²) in [4.78, 5) is 24.8. The van der Waals surface area contributed by atoms with Gasteiger partial charge >= 0.3 is 6.09 Å². The molecule has 0 radical (unpaired) electrons. The Balaban J connectivity index is 1.97. The minimum atomic E-state index is -1.09. The monoisotopic (exact) mass is 444 g/mol. The number of methoxy groups -OCH3 is 1. The van der Waals surface area contributed by atoms with Crippen LogP contribution in [0, 0.1) is 22.6 Å². The zero-order valence-electron chi connectivity index (χ0n) is 17.6. The molecule has 2 aromatic rings. The third-order valence-corrected chi connectivity index (χ3v) is 5.67. The average Bonchev–Trinajstić information content (AvgIpc) is 3.19. The van der Waals surface area contributed by atoms with Crippen molar-refractivity contribution in [2.75, 3.05) is 32.1 Å². The quantitative estimate of drug-likeness (QED) is 0.531. The number of halogens is 1. The molecule has 3 rings (SSSR count). The predicted molar refractivity (Wildman–Crippen MR) is 113 cm³/mol. The van der Waals surface area contributed by atoms with Crippen LogP contribution < -0.4 is 11.1 Å². The summed E-state index contributed by atoms with van der Waals surface area (Å²) in [7, 11) is 1.56. The summed E-state index contributed by atoms with van der Waals surface area (Å²) in [6, 6.07) is 7.36. The van der Waals surface area contributed by atoms with Crippen molar-refractivity contribution in [3.8, 4) is 6.07 Å². The minimum Gasteiger partial charge on any atom is -0.465 e. The molecule has 1 saturated heterocycles. The lowest BCUT2D eigenvalue weighted by Crippen LogP contribution is -2.50. The lowest BCUT2D eigenvalue weighted by Gasteiger charge is -2.43. The van der Waals surface area contributed by atoms with E-state index in [4.69, 9.17) is 10.5 Å². The SMILES string of the molecule is COCCC[C@@]1(C#N)CN(C(=O)O)CC[C@H]1n1cc(C(N)=O)c(Nc2ccc(F)cc2)n1. The molecule has 2 heterocycles. The highest BCUT2D eigenvalue weighted by molar-refractivity contribution is 5.98. The van der Waals surface area contributed by atoms with Crippen LogP contribution in [0.5, 0.6) is 0 Å². The molecule has 32 heavy (non-hydrogen) atoms. The molecule has 1 fully saturated rings. The van der Waals surface area contributed by atoms with E-state index < -0.39 is 29.3 Å². The molecule has 0 bridgehead atoms. The Morgan fingerprint density at radius 1 is 1.44 bits per heavy atom. The molecule has 0 spiro atoms. The van der Waals surface area contributed by atoms with Gasteiger partial charge in [-0.1, -0.05) is 0 Å². The van der Waals surface area contributed by atoms with Crippen molar-refractivity contribution >= 4 is 23.5 Å². The molecule has 4 N–H and O–H groups in total. The van der Waals surface area contributed by atoms with Crippen LogP contribution in [0.4, 0.5) is 20.7 Å². The molecule has 0 saturated carbocycles. The van der Waals surface area contributed by atoms with Gasteiger partial charge in [0.2, 0.25) is 0 Å². The molecule has 1 aliphatic rings. The van der Waals surface area contributed by atoms with Gasteiger partial charge in [-0.25, -0.2) is 9.18 Å². The van der Waals surface area contributed by atoms with Crippen molar-refractivity contribution in [3.63, 3.8) is 0 Å². The Hall–Kier alpha value is -3.65. The van der Waals surface area contributed by atoms with Crippen LogP contribution >= 0.6 is 0 Å². The van der Waals surface area contributed by atoms with Gasteiger partial charge in [0, 0.05) is 38.7 Å². The zero-order chi connectivity index (χ0) is 23.3. The number of nitriles is 1. The maximum atomic E-state index is 13.2. The lowest BCUT2D eigenvalue weighted by atomic mass is 9.73. The molecule has 0 aliphatic carbocycles. The van der Waals surface area contributed by atoms with E-state index >= 15 is 0 Å². The van der Waals surface area contributed by atoms with Gasteiger partial charge in [-0.05, 0) is 43.5 Å². The van der Waals surface area contributed by atoms with Gasteiger partial charge in [0.05, 0.1) is 17.5 Å². The molecule has 11 heteroatoms. The third kappa shape index (κ3) is 4.81. The van der Waals surface area contributed by atoms with Gasteiger partial charge < -0.3 is 25.8 Å². The summed E-state index contributed by atoms with van der Waals surface area (Å²) in [6.07, 6.45) is 1.66. The normalized spacial score (nSPS) is 20.5. The van der Waals surface area contributed by atoms with Crippen molar-refractivity contribution in [2.24, 2.45) is 11.1 Å². The van der Waals surface area contributed by atoms with Crippen molar-refractivity contribution in [2.45, 2.75) is 25.3 Å². The number of carbonyl (C=O) groups is 2. The number of aromatic nitrogens is 2. The summed E-state index contributed by atoms with van der Waals surface area (Å²) in [5.41, 5.74) is 5.09. The summed E-state index contributed by atoms with van der Waals surface area (Å²) < 4.78 is 19.8. The maximum absolute atomic E-state index is 13.2. The predicted octanol–water partition coefficient (Wildman–Crippen LogP) is 2.73. The number of carbonyl (C=O) groups excluding carboxylic acids is 1. The Labute approximate surface area is 184 Å². The van der Waals surface area contributed by atoms with E-state index in [0.29, 0.717) is 31.6 Å². The number of nitrogens with zero attached hydrogens (tertiary/aromatic N) is 4. The molecule has 1 aromatic heterocycles. The number of rotatable bonds is 8. The van der Waals surface area contributed by atoms with Crippen LogP contribution in [0.15, 0.2) is 30.5 Å². The molecular formula is C21H25FN6O4. The fourth-order valence-electron chi connectivity index (χ4n) is 4.07. The molecule has 0 unspecified atom stereocenters. The number of likely N-dealkylation sites (tertiary alicyclic amines) is 1. The highest BCUT2D eigenvalue weighted by Crippen LogP contribution is 2.43. The van der Waals surface area contributed by atoms with Crippen LogP contribution in [0.2, 0.25) is 0 Å². The summed E-state index contributed by atoms with van der Waals surface area (Å²) in [5, 5.41) is 27.0. The topological polar surface area (TPSA) is 146 Å². The molecule has 10 nitrogen and oxygen atoms in total. The highest BCUT2D eigenvalue weighted by Gasteiger charge is 2.46. The second-order valence-electron chi connectivity index (χ2n) is 7.74. The Bertz CT molecular complexity index is 1020. The second kappa shape index (κ2) is 9.65. The number of nitrogens with two attached hydrogens (primary N) is 1. The van der Waals surface area contributed by atoms with E-state index in [1.54, 1.807) is 7.11 Å².